The van der Waals surface area contributed by atoms with Crippen LogP contribution in [0.3, 0.4) is 0 Å². The lowest BCUT2D eigenvalue weighted by Gasteiger charge is -2.27. The number of hydrogen-bond donors (Lipinski definition) is 1. The van der Waals surface area contributed by atoms with Crippen molar-refractivity contribution in [2.24, 2.45) is 0 Å². The van der Waals surface area contributed by atoms with Gasteiger partial charge in [-0.1, -0.05) is 36.4 Å². The van der Waals surface area contributed by atoms with Crippen LogP contribution in [-0.4, -0.2) is 40.5 Å². The number of rotatable bonds is 6. The molecule has 150 valence electrons. The molecule has 2 fully saturated rings. The van der Waals surface area contributed by atoms with Crippen LogP contribution < -0.4 is 14.8 Å². The molecule has 29 heavy (non-hydrogen) atoms. The van der Waals surface area contributed by atoms with E-state index in [0.717, 1.165) is 44.2 Å². The summed E-state index contributed by atoms with van der Waals surface area (Å²) in [6, 6.07) is 16.8. The quantitative estimate of drug-likeness (QED) is 0.629. The number of hydrogen-bond acceptors (Lipinski definition) is 3. The lowest BCUT2D eigenvalue weighted by molar-refractivity contribution is -0.924. The van der Waals surface area contributed by atoms with E-state index >= 15 is 0 Å². The van der Waals surface area contributed by atoms with Gasteiger partial charge < -0.3 is 4.90 Å². The summed E-state index contributed by atoms with van der Waals surface area (Å²) in [4.78, 5) is 7.31. The maximum atomic E-state index is 5.86. The molecule has 1 aliphatic carbocycles. The molecule has 2 aliphatic rings. The molecule has 3 heterocycles. The van der Waals surface area contributed by atoms with E-state index in [0.29, 0.717) is 5.92 Å². The van der Waals surface area contributed by atoms with Gasteiger partial charge in [-0.15, -0.1) is 0 Å². The molecule has 6 nitrogen and oxygen atoms in total. The number of nitrogens with one attached hydrogen (secondary N) is 2. The van der Waals surface area contributed by atoms with Gasteiger partial charge in [0.2, 0.25) is 4.77 Å². The highest BCUT2D eigenvalue weighted by Gasteiger charge is 2.31. The Balaban J connectivity index is 1.29. The largest absolute Gasteiger partial charge is 0.310 e. The summed E-state index contributed by atoms with van der Waals surface area (Å²) in [5.74, 6) is 2.96. The number of benzene rings is 1. The normalized spacial score (nSPS) is 17.6. The molecule has 1 saturated carbocycles. The standard InChI is InChI=1S/C22H26N6S/c29-22-27(16-18-6-2-1-3-7-18)21(19-9-10-19)24-28(22)17-25-12-14-26(15-13-25)20-8-4-5-11-23-20/h1-8,11,19H,9-10,12-17H2/p+2. The summed E-state index contributed by atoms with van der Waals surface area (Å²) in [7, 11) is 0. The van der Waals surface area contributed by atoms with Gasteiger partial charge in [-0.3, -0.25) is 9.47 Å². The van der Waals surface area contributed by atoms with E-state index in [4.69, 9.17) is 17.3 Å². The van der Waals surface area contributed by atoms with Crippen molar-refractivity contribution in [1.82, 2.24) is 14.3 Å². The van der Waals surface area contributed by atoms with Gasteiger partial charge in [-0.25, -0.2) is 4.98 Å². The van der Waals surface area contributed by atoms with Gasteiger partial charge in [0.05, 0.1) is 12.7 Å². The van der Waals surface area contributed by atoms with E-state index in [1.54, 1.807) is 4.90 Å². The van der Waals surface area contributed by atoms with Crippen molar-refractivity contribution >= 4 is 18.0 Å². The molecule has 0 atom stereocenters. The maximum Gasteiger partial charge on any atom is 0.274 e. The molecular weight excluding hydrogens is 380 g/mol. The zero-order valence-corrected chi connectivity index (χ0v) is 17.4. The highest BCUT2D eigenvalue weighted by atomic mass is 32.1. The fourth-order valence-electron chi connectivity index (χ4n) is 4.13. The second-order valence-corrected chi connectivity index (χ2v) is 8.49. The van der Waals surface area contributed by atoms with Crippen molar-refractivity contribution in [3.63, 3.8) is 0 Å². The average Bonchev–Trinajstić information content (AvgIpc) is 3.58. The number of nitrogens with zero attached hydrogens (tertiary/aromatic N) is 4. The van der Waals surface area contributed by atoms with Crippen LogP contribution in [0.15, 0.2) is 54.7 Å². The van der Waals surface area contributed by atoms with Gasteiger partial charge in [0.15, 0.2) is 6.67 Å². The number of anilines is 1. The summed E-state index contributed by atoms with van der Waals surface area (Å²) in [5.41, 5.74) is 1.28. The molecule has 0 spiro atoms. The van der Waals surface area contributed by atoms with E-state index in [-0.39, 0.29) is 0 Å². The summed E-state index contributed by atoms with van der Waals surface area (Å²) < 4.78 is 5.20. The number of H-pyrrole nitrogens is 1. The predicted octanol–water partition coefficient (Wildman–Crippen LogP) is 1.52. The van der Waals surface area contributed by atoms with E-state index in [9.17, 15) is 0 Å². The molecule has 3 aromatic rings. The average molecular weight is 409 g/mol. The fraction of sp³-hybridized carbons (Fsp3) is 0.409. The molecule has 7 heteroatoms. The first-order valence-electron chi connectivity index (χ1n) is 10.5. The molecule has 0 amide bonds. The van der Waals surface area contributed by atoms with Crippen LogP contribution in [-0.2, 0) is 13.2 Å². The Bertz CT molecular complexity index is 1000. The summed E-state index contributed by atoms with van der Waals surface area (Å²) in [6.45, 7) is 5.95. The van der Waals surface area contributed by atoms with Gasteiger partial charge in [-0.05, 0) is 36.7 Å². The fourth-order valence-corrected chi connectivity index (χ4v) is 4.40. The Morgan fingerprint density at radius 2 is 1.79 bits per heavy atom. The molecule has 0 unspecified atom stereocenters. The lowest BCUT2D eigenvalue weighted by Crippen LogP contribution is -3.14. The third kappa shape index (κ3) is 4.11. The second kappa shape index (κ2) is 8.08. The molecule has 1 aromatic carbocycles. The van der Waals surface area contributed by atoms with Crippen molar-refractivity contribution in [1.29, 1.82) is 0 Å². The van der Waals surface area contributed by atoms with Gasteiger partial charge in [0, 0.05) is 12.0 Å². The first-order valence-corrected chi connectivity index (χ1v) is 11.0. The molecule has 0 bridgehead atoms. The number of aromatic nitrogens is 4. The molecule has 1 saturated heterocycles. The van der Waals surface area contributed by atoms with Crippen molar-refractivity contribution in [3.05, 3.63) is 70.9 Å². The Kier molecular flexibility index (Phi) is 5.16. The zero-order chi connectivity index (χ0) is 19.6. The lowest BCUT2D eigenvalue weighted by atomic mass is 10.2. The Labute approximate surface area is 176 Å². The third-order valence-corrected chi connectivity index (χ3v) is 6.39. The Morgan fingerprint density at radius 1 is 1.03 bits per heavy atom. The van der Waals surface area contributed by atoms with E-state index in [1.807, 2.05) is 12.3 Å². The van der Waals surface area contributed by atoms with Crippen LogP contribution in [0.4, 0.5) is 5.82 Å². The van der Waals surface area contributed by atoms with Crippen LogP contribution in [0, 0.1) is 4.77 Å². The monoisotopic (exact) mass is 408 g/mol. The van der Waals surface area contributed by atoms with Crippen LogP contribution >= 0.6 is 12.2 Å². The van der Waals surface area contributed by atoms with E-state index in [1.165, 1.54) is 30.0 Å². The van der Waals surface area contributed by atoms with Crippen LogP contribution in [0.25, 0.3) is 0 Å². The highest BCUT2D eigenvalue weighted by molar-refractivity contribution is 7.71. The second-order valence-electron chi connectivity index (χ2n) is 8.13. The summed E-state index contributed by atoms with van der Waals surface area (Å²) >= 11 is 5.86. The van der Waals surface area contributed by atoms with Crippen LogP contribution in [0.2, 0.25) is 0 Å². The Hall–Kier alpha value is -2.51. The molecule has 2 aromatic heterocycles. The van der Waals surface area contributed by atoms with E-state index in [2.05, 4.69) is 61.6 Å². The Morgan fingerprint density at radius 3 is 2.48 bits per heavy atom. The van der Waals surface area contributed by atoms with Crippen molar-refractivity contribution < 1.29 is 9.88 Å². The summed E-state index contributed by atoms with van der Waals surface area (Å²) in [5, 5.41) is 4.97. The highest BCUT2D eigenvalue weighted by Crippen LogP contribution is 2.39. The predicted molar refractivity (Wildman–Crippen MR) is 114 cm³/mol. The van der Waals surface area contributed by atoms with Crippen LogP contribution in [0.5, 0.6) is 0 Å². The zero-order valence-electron chi connectivity index (χ0n) is 16.6. The first kappa shape index (κ1) is 18.5. The molecule has 5 rings (SSSR count). The van der Waals surface area contributed by atoms with Gasteiger partial charge >= 0.3 is 0 Å². The molecule has 1 aliphatic heterocycles. The minimum absolute atomic E-state index is 0.585. The first-order chi connectivity index (χ1) is 14.3. The van der Waals surface area contributed by atoms with E-state index < -0.39 is 0 Å². The minimum atomic E-state index is 0.585. The third-order valence-electron chi connectivity index (χ3n) is 5.95. The number of piperazine rings is 1. The van der Waals surface area contributed by atoms with Crippen molar-refractivity contribution in [2.45, 2.75) is 32.0 Å². The minimum Gasteiger partial charge on any atom is -0.310 e. The SMILES string of the molecule is S=c1n(C[NH+]2CCN(c3cccc[nH+]3)CC2)nc(C2CC2)n1Cc1ccccc1. The van der Waals surface area contributed by atoms with Gasteiger partial charge in [0.25, 0.3) is 5.82 Å². The van der Waals surface area contributed by atoms with Crippen molar-refractivity contribution in [3.8, 4) is 0 Å². The van der Waals surface area contributed by atoms with Gasteiger partial charge in [-0.2, -0.15) is 9.78 Å². The summed E-state index contributed by atoms with van der Waals surface area (Å²) in [6.07, 6.45) is 4.46. The topological polar surface area (TPSA) is 44.6 Å². The molecule has 0 radical (unpaired) electrons. The molecular formula is C22H28N6S+2. The smallest absolute Gasteiger partial charge is 0.274 e. The number of quaternary nitrogens is 1. The maximum absolute atomic E-state index is 5.86. The molecule has 2 N–H and O–H groups in total. The number of aromatic amines is 1. The van der Waals surface area contributed by atoms with Gasteiger partial charge in [0.1, 0.15) is 32.0 Å². The number of pyridine rings is 1. The van der Waals surface area contributed by atoms with Crippen molar-refractivity contribution in [2.75, 3.05) is 31.1 Å². The van der Waals surface area contributed by atoms with Crippen LogP contribution in [0.1, 0.15) is 30.1 Å².